The lowest BCUT2D eigenvalue weighted by Crippen LogP contribution is -2.24. The fraction of sp³-hybridized carbons (Fsp3) is 0.545. The number of nitrogens with zero attached hydrogens (tertiary/aromatic N) is 2. The molecule has 0 bridgehead atoms. The van der Waals surface area contributed by atoms with Crippen LogP contribution in [-0.2, 0) is 16.1 Å². The average molecular weight is 318 g/mol. The topological polar surface area (TPSA) is 73.2 Å². The Kier molecular flexibility index (Phi) is 5.84. The third-order valence-electron chi connectivity index (χ3n) is 2.29. The molecule has 0 fully saturated rings. The number of ether oxygens (including phenoxy) is 1. The molecule has 0 amide bonds. The summed E-state index contributed by atoms with van der Waals surface area (Å²) in [6.07, 6.45) is 2.65. The molecule has 0 atom stereocenters. The van der Waals surface area contributed by atoms with Gasteiger partial charge in [0.1, 0.15) is 4.47 Å². The van der Waals surface area contributed by atoms with Crippen molar-refractivity contribution in [3.05, 3.63) is 21.0 Å². The molecule has 0 aliphatic heterocycles. The number of methoxy groups -OCH3 is 1. The second-order valence-electron chi connectivity index (χ2n) is 3.65. The van der Waals surface area contributed by atoms with Crippen LogP contribution in [0.2, 0.25) is 0 Å². The quantitative estimate of drug-likeness (QED) is 0.803. The summed E-state index contributed by atoms with van der Waals surface area (Å²) >= 11 is 3.23. The van der Waals surface area contributed by atoms with Crippen molar-refractivity contribution in [1.82, 2.24) is 9.78 Å². The van der Waals surface area contributed by atoms with Crippen LogP contribution >= 0.6 is 15.9 Å². The Morgan fingerprint density at radius 3 is 2.94 bits per heavy atom. The minimum absolute atomic E-state index is 0.181. The van der Waals surface area contributed by atoms with Crippen molar-refractivity contribution in [3.63, 3.8) is 0 Å². The summed E-state index contributed by atoms with van der Waals surface area (Å²) in [5, 5.41) is 7.01. The van der Waals surface area contributed by atoms with Gasteiger partial charge in [-0.3, -0.25) is 9.59 Å². The molecule has 1 heterocycles. The number of halogens is 1. The normalized spacial score (nSPS) is 10.2. The molecule has 6 nitrogen and oxygen atoms in total. The minimum atomic E-state index is -0.300. The predicted octanol–water partition coefficient (Wildman–Crippen LogP) is 1.39. The summed E-state index contributed by atoms with van der Waals surface area (Å²) in [7, 11) is 1.34. The predicted molar refractivity (Wildman–Crippen MR) is 71.6 cm³/mol. The van der Waals surface area contributed by atoms with E-state index in [-0.39, 0.29) is 17.9 Å². The number of aromatic nitrogens is 2. The molecule has 100 valence electrons. The van der Waals surface area contributed by atoms with E-state index in [1.165, 1.54) is 11.8 Å². The Morgan fingerprint density at radius 2 is 2.33 bits per heavy atom. The van der Waals surface area contributed by atoms with E-state index in [1.54, 1.807) is 6.20 Å². The van der Waals surface area contributed by atoms with Gasteiger partial charge in [-0.25, -0.2) is 4.68 Å². The zero-order valence-corrected chi connectivity index (χ0v) is 12.0. The second kappa shape index (κ2) is 7.15. The van der Waals surface area contributed by atoms with Gasteiger partial charge in [0.05, 0.1) is 25.4 Å². The minimum Gasteiger partial charge on any atom is -0.469 e. The van der Waals surface area contributed by atoms with Crippen molar-refractivity contribution in [1.29, 1.82) is 0 Å². The number of carbonyl (C=O) groups is 1. The van der Waals surface area contributed by atoms with Crippen LogP contribution in [0.25, 0.3) is 0 Å². The van der Waals surface area contributed by atoms with Crippen molar-refractivity contribution >= 4 is 27.6 Å². The Balaban J connectivity index is 2.70. The van der Waals surface area contributed by atoms with Gasteiger partial charge in [-0.05, 0) is 22.4 Å². The molecule has 0 aliphatic rings. The highest BCUT2D eigenvalue weighted by molar-refractivity contribution is 9.10. The first-order valence-corrected chi connectivity index (χ1v) is 6.45. The van der Waals surface area contributed by atoms with Crippen LogP contribution in [-0.4, -0.2) is 29.4 Å². The molecular formula is C11H16BrN3O3. The zero-order chi connectivity index (χ0) is 13.5. The molecule has 0 aromatic carbocycles. The van der Waals surface area contributed by atoms with Gasteiger partial charge < -0.3 is 10.1 Å². The third-order valence-corrected chi connectivity index (χ3v) is 3.06. The van der Waals surface area contributed by atoms with Crippen LogP contribution in [0.15, 0.2) is 15.5 Å². The van der Waals surface area contributed by atoms with E-state index >= 15 is 0 Å². The van der Waals surface area contributed by atoms with Gasteiger partial charge >= 0.3 is 5.97 Å². The van der Waals surface area contributed by atoms with E-state index in [4.69, 9.17) is 0 Å². The summed E-state index contributed by atoms with van der Waals surface area (Å²) in [6, 6.07) is 0. The number of nitrogens with one attached hydrogen (secondary N) is 1. The summed E-state index contributed by atoms with van der Waals surface area (Å²) < 4.78 is 6.35. The number of hydrogen-bond acceptors (Lipinski definition) is 5. The Bertz CT molecular complexity index is 473. The molecular weight excluding hydrogens is 302 g/mol. The lowest BCUT2D eigenvalue weighted by atomic mass is 10.4. The van der Waals surface area contributed by atoms with Crippen LogP contribution in [0.4, 0.5) is 5.69 Å². The van der Waals surface area contributed by atoms with E-state index < -0.39 is 0 Å². The molecule has 1 N–H and O–H groups in total. The maximum Gasteiger partial charge on any atom is 0.307 e. The van der Waals surface area contributed by atoms with Gasteiger partial charge in [-0.1, -0.05) is 6.92 Å². The van der Waals surface area contributed by atoms with Gasteiger partial charge in [0.2, 0.25) is 0 Å². The first-order chi connectivity index (χ1) is 8.60. The molecule has 1 aromatic heterocycles. The van der Waals surface area contributed by atoms with Gasteiger partial charge in [0.15, 0.2) is 0 Å². The molecule has 1 rings (SSSR count). The van der Waals surface area contributed by atoms with Crippen LogP contribution in [0.3, 0.4) is 0 Å². The molecule has 0 unspecified atom stereocenters. The van der Waals surface area contributed by atoms with E-state index in [0.717, 1.165) is 6.42 Å². The fourth-order valence-electron chi connectivity index (χ4n) is 1.36. The smallest absolute Gasteiger partial charge is 0.307 e. The molecule has 1 aromatic rings. The third kappa shape index (κ3) is 3.83. The molecule has 0 radical (unpaired) electrons. The Hall–Kier alpha value is -1.37. The highest BCUT2D eigenvalue weighted by Gasteiger charge is 2.08. The van der Waals surface area contributed by atoms with E-state index in [0.29, 0.717) is 23.2 Å². The van der Waals surface area contributed by atoms with E-state index in [1.807, 2.05) is 6.92 Å². The number of aryl methyl sites for hydroxylation is 1. The van der Waals surface area contributed by atoms with Crippen LogP contribution in [0, 0.1) is 0 Å². The first kappa shape index (κ1) is 14.7. The maximum atomic E-state index is 11.9. The highest BCUT2D eigenvalue weighted by Crippen LogP contribution is 2.15. The van der Waals surface area contributed by atoms with E-state index in [2.05, 4.69) is 31.1 Å². The summed E-state index contributed by atoms with van der Waals surface area (Å²) in [5.74, 6) is -0.300. The molecule has 0 saturated carbocycles. The van der Waals surface area contributed by atoms with Gasteiger partial charge in [0, 0.05) is 13.1 Å². The first-order valence-electron chi connectivity index (χ1n) is 5.66. The molecule has 0 spiro atoms. The number of esters is 1. The van der Waals surface area contributed by atoms with Crippen molar-refractivity contribution in [3.8, 4) is 0 Å². The number of hydrogen-bond donors (Lipinski definition) is 1. The maximum absolute atomic E-state index is 11.9. The molecule has 0 aliphatic carbocycles. The zero-order valence-electron chi connectivity index (χ0n) is 10.4. The number of carbonyl (C=O) groups excluding carboxylic acids is 1. The lowest BCUT2D eigenvalue weighted by molar-refractivity contribution is -0.140. The average Bonchev–Trinajstić information content (AvgIpc) is 2.37. The number of rotatable bonds is 6. The Morgan fingerprint density at radius 1 is 1.61 bits per heavy atom. The second-order valence-corrected chi connectivity index (χ2v) is 4.45. The van der Waals surface area contributed by atoms with Gasteiger partial charge in [0.25, 0.3) is 5.56 Å². The molecule has 7 heteroatoms. The SMILES string of the molecule is CCCn1ncc(NCCC(=O)OC)c(Br)c1=O. The largest absolute Gasteiger partial charge is 0.469 e. The summed E-state index contributed by atoms with van der Waals surface area (Å²) in [6.45, 7) is 2.95. The highest BCUT2D eigenvalue weighted by atomic mass is 79.9. The summed E-state index contributed by atoms with van der Waals surface area (Å²) in [5.41, 5.74) is 0.399. The lowest BCUT2D eigenvalue weighted by Gasteiger charge is -2.09. The molecule has 18 heavy (non-hydrogen) atoms. The van der Waals surface area contributed by atoms with Gasteiger partial charge in [-0.15, -0.1) is 0 Å². The van der Waals surface area contributed by atoms with Crippen molar-refractivity contribution in [2.45, 2.75) is 26.3 Å². The monoisotopic (exact) mass is 317 g/mol. The number of anilines is 1. The van der Waals surface area contributed by atoms with Crippen molar-refractivity contribution in [2.24, 2.45) is 0 Å². The Labute approximate surface area is 113 Å². The van der Waals surface area contributed by atoms with Crippen LogP contribution < -0.4 is 10.9 Å². The van der Waals surface area contributed by atoms with Crippen molar-refractivity contribution < 1.29 is 9.53 Å². The van der Waals surface area contributed by atoms with Crippen LogP contribution in [0.5, 0.6) is 0 Å². The van der Waals surface area contributed by atoms with Crippen molar-refractivity contribution in [2.75, 3.05) is 19.0 Å². The fourth-order valence-corrected chi connectivity index (χ4v) is 1.81. The van der Waals surface area contributed by atoms with Crippen LogP contribution in [0.1, 0.15) is 19.8 Å². The van der Waals surface area contributed by atoms with Gasteiger partial charge in [-0.2, -0.15) is 5.10 Å². The standard InChI is InChI=1S/C11H16BrN3O3/c1-3-6-15-11(17)10(12)8(7-14-15)13-5-4-9(16)18-2/h7,13H,3-6H2,1-2H3. The summed E-state index contributed by atoms with van der Waals surface area (Å²) in [4.78, 5) is 22.8. The molecule has 0 saturated heterocycles. The van der Waals surface area contributed by atoms with E-state index in [9.17, 15) is 9.59 Å².